The average molecular weight is 395 g/mol. The highest BCUT2D eigenvalue weighted by atomic mass is 32.2. The molecule has 1 amide bonds. The van der Waals surface area contributed by atoms with Crippen LogP contribution in [-0.4, -0.2) is 34.4 Å². The molecule has 3 aromatic rings. The van der Waals surface area contributed by atoms with Gasteiger partial charge in [0.1, 0.15) is 5.75 Å². The molecular formula is C21H21N3O3S. The summed E-state index contributed by atoms with van der Waals surface area (Å²) in [4.78, 5) is 29.9. The van der Waals surface area contributed by atoms with Gasteiger partial charge in [0, 0.05) is 6.54 Å². The third-order valence-electron chi connectivity index (χ3n) is 3.93. The zero-order valence-corrected chi connectivity index (χ0v) is 16.4. The fourth-order valence-corrected chi connectivity index (χ4v) is 3.54. The number of thioether (sulfide) groups is 1. The van der Waals surface area contributed by atoms with E-state index in [1.54, 1.807) is 24.3 Å². The number of para-hydroxylation sites is 3. The maximum atomic E-state index is 13.3. The smallest absolute Gasteiger partial charge is 0.266 e. The fourth-order valence-electron chi connectivity index (χ4n) is 2.71. The van der Waals surface area contributed by atoms with Crippen LogP contribution < -0.4 is 15.6 Å². The van der Waals surface area contributed by atoms with E-state index in [1.165, 1.54) is 16.3 Å². The highest BCUT2D eigenvalue weighted by molar-refractivity contribution is 7.99. The first kappa shape index (κ1) is 19.7. The highest BCUT2D eigenvalue weighted by Crippen LogP contribution is 2.27. The zero-order valence-electron chi connectivity index (χ0n) is 15.6. The normalized spacial score (nSPS) is 10.6. The molecule has 2 aromatic carbocycles. The molecule has 0 spiro atoms. The van der Waals surface area contributed by atoms with Crippen molar-refractivity contribution in [1.29, 1.82) is 0 Å². The van der Waals surface area contributed by atoms with E-state index in [2.05, 4.69) is 16.9 Å². The number of hydrogen-bond acceptors (Lipinski definition) is 5. The molecule has 0 radical (unpaired) electrons. The molecule has 0 fully saturated rings. The fraction of sp³-hybridized carbons (Fsp3) is 0.190. The summed E-state index contributed by atoms with van der Waals surface area (Å²) in [5.41, 5.74) is 0.986. The Labute approximate surface area is 167 Å². The lowest BCUT2D eigenvalue weighted by Crippen LogP contribution is -2.26. The van der Waals surface area contributed by atoms with Crippen molar-refractivity contribution in [1.82, 2.24) is 14.9 Å². The molecule has 1 heterocycles. The summed E-state index contributed by atoms with van der Waals surface area (Å²) in [5, 5.41) is 3.67. The van der Waals surface area contributed by atoms with Gasteiger partial charge < -0.3 is 10.1 Å². The predicted molar refractivity (Wildman–Crippen MR) is 112 cm³/mol. The van der Waals surface area contributed by atoms with Crippen molar-refractivity contribution < 1.29 is 9.53 Å². The molecule has 3 rings (SSSR count). The first-order valence-corrected chi connectivity index (χ1v) is 9.88. The van der Waals surface area contributed by atoms with Crippen LogP contribution in [0.1, 0.15) is 6.92 Å². The third-order valence-corrected chi connectivity index (χ3v) is 4.87. The van der Waals surface area contributed by atoms with E-state index in [0.29, 0.717) is 40.6 Å². The maximum absolute atomic E-state index is 13.3. The molecule has 7 heteroatoms. The minimum atomic E-state index is -0.202. The van der Waals surface area contributed by atoms with Gasteiger partial charge >= 0.3 is 0 Å². The Hall–Kier alpha value is -3.06. The molecular weight excluding hydrogens is 374 g/mol. The van der Waals surface area contributed by atoms with Gasteiger partial charge in [-0.25, -0.2) is 4.98 Å². The summed E-state index contributed by atoms with van der Waals surface area (Å²) in [6.45, 7) is 6.34. The molecule has 0 saturated heterocycles. The van der Waals surface area contributed by atoms with Crippen molar-refractivity contribution in [2.45, 2.75) is 12.1 Å². The molecule has 0 unspecified atom stereocenters. The molecule has 0 saturated carbocycles. The Balaban J connectivity index is 2.11. The number of aromatic nitrogens is 2. The lowest BCUT2D eigenvalue weighted by atomic mass is 10.2. The van der Waals surface area contributed by atoms with Gasteiger partial charge in [-0.1, -0.05) is 42.1 Å². The van der Waals surface area contributed by atoms with E-state index in [4.69, 9.17) is 4.74 Å². The molecule has 0 aliphatic heterocycles. The largest absolute Gasteiger partial charge is 0.492 e. The van der Waals surface area contributed by atoms with Crippen LogP contribution in [0.25, 0.3) is 16.6 Å². The summed E-state index contributed by atoms with van der Waals surface area (Å²) in [5.74, 6) is 0.564. The van der Waals surface area contributed by atoms with E-state index in [1.807, 2.05) is 37.3 Å². The van der Waals surface area contributed by atoms with Crippen molar-refractivity contribution in [3.8, 4) is 11.4 Å². The molecule has 28 heavy (non-hydrogen) atoms. The van der Waals surface area contributed by atoms with Crippen molar-refractivity contribution in [2.75, 3.05) is 18.9 Å². The van der Waals surface area contributed by atoms with E-state index in [9.17, 15) is 9.59 Å². The van der Waals surface area contributed by atoms with Crippen molar-refractivity contribution in [2.24, 2.45) is 0 Å². The van der Waals surface area contributed by atoms with Gasteiger partial charge in [0.2, 0.25) is 5.91 Å². The van der Waals surface area contributed by atoms with Crippen LogP contribution in [0.2, 0.25) is 0 Å². The van der Waals surface area contributed by atoms with Gasteiger partial charge in [0.05, 0.1) is 29.0 Å². The van der Waals surface area contributed by atoms with Crippen molar-refractivity contribution >= 4 is 28.6 Å². The Morgan fingerprint density at radius 2 is 2.00 bits per heavy atom. The van der Waals surface area contributed by atoms with Crippen molar-refractivity contribution in [3.05, 3.63) is 71.5 Å². The first-order valence-electron chi connectivity index (χ1n) is 8.90. The second-order valence-corrected chi connectivity index (χ2v) is 6.78. The number of fused-ring (bicyclic) bond motifs is 1. The van der Waals surface area contributed by atoms with E-state index in [0.717, 1.165) is 0 Å². The van der Waals surface area contributed by atoms with Crippen LogP contribution in [0.5, 0.6) is 5.75 Å². The van der Waals surface area contributed by atoms with Gasteiger partial charge in [-0.3, -0.25) is 14.2 Å². The SMILES string of the molecule is C=CCNC(=O)CSc1nc2ccccc2c(=O)n1-c1ccccc1OCC. The molecule has 1 N–H and O–H groups in total. The number of carbonyl (C=O) groups excluding carboxylic acids is 1. The van der Waals surface area contributed by atoms with Crippen LogP contribution in [0.3, 0.4) is 0 Å². The number of rotatable bonds is 8. The van der Waals surface area contributed by atoms with Gasteiger partial charge in [0.25, 0.3) is 5.56 Å². The minimum absolute atomic E-state index is 0.134. The van der Waals surface area contributed by atoms with E-state index >= 15 is 0 Å². The monoisotopic (exact) mass is 395 g/mol. The molecule has 144 valence electrons. The average Bonchev–Trinajstić information content (AvgIpc) is 2.72. The molecule has 0 bridgehead atoms. The number of ether oxygens (including phenoxy) is 1. The Morgan fingerprint density at radius 1 is 1.25 bits per heavy atom. The van der Waals surface area contributed by atoms with Crippen LogP contribution in [0, 0.1) is 0 Å². The van der Waals surface area contributed by atoms with Crippen LogP contribution in [0.4, 0.5) is 0 Å². The van der Waals surface area contributed by atoms with Gasteiger partial charge in [-0.05, 0) is 31.2 Å². The summed E-state index contributed by atoms with van der Waals surface area (Å²) in [6.07, 6.45) is 1.62. The zero-order chi connectivity index (χ0) is 19.9. The predicted octanol–water partition coefficient (Wildman–Crippen LogP) is 3.18. The van der Waals surface area contributed by atoms with Crippen molar-refractivity contribution in [3.63, 3.8) is 0 Å². The molecule has 0 atom stereocenters. The minimum Gasteiger partial charge on any atom is -0.492 e. The number of nitrogens with one attached hydrogen (secondary N) is 1. The first-order chi connectivity index (χ1) is 13.7. The molecule has 6 nitrogen and oxygen atoms in total. The number of hydrogen-bond donors (Lipinski definition) is 1. The standard InChI is InChI=1S/C21H21N3O3S/c1-3-13-22-19(25)14-28-21-23-16-10-6-5-9-15(16)20(26)24(21)17-11-7-8-12-18(17)27-4-2/h3,5-12H,1,4,13-14H2,2H3,(H,22,25). The van der Waals surface area contributed by atoms with Gasteiger partial charge in [-0.2, -0.15) is 0 Å². The Bertz CT molecular complexity index is 1060. The van der Waals surface area contributed by atoms with Gasteiger partial charge in [-0.15, -0.1) is 6.58 Å². The second kappa shape index (κ2) is 9.23. The van der Waals surface area contributed by atoms with Gasteiger partial charge in [0.15, 0.2) is 5.16 Å². The highest BCUT2D eigenvalue weighted by Gasteiger charge is 2.17. The summed E-state index contributed by atoms with van der Waals surface area (Å²) < 4.78 is 7.22. The molecule has 0 aliphatic carbocycles. The summed E-state index contributed by atoms with van der Waals surface area (Å²) in [7, 11) is 0. The van der Waals surface area contributed by atoms with E-state index in [-0.39, 0.29) is 17.2 Å². The topological polar surface area (TPSA) is 73.2 Å². The lowest BCUT2D eigenvalue weighted by molar-refractivity contribution is -0.118. The van der Waals surface area contributed by atoms with E-state index < -0.39 is 0 Å². The maximum Gasteiger partial charge on any atom is 0.266 e. The number of benzene rings is 2. The lowest BCUT2D eigenvalue weighted by Gasteiger charge is -2.16. The molecule has 1 aromatic heterocycles. The number of carbonyl (C=O) groups is 1. The summed E-state index contributed by atoms with van der Waals surface area (Å²) in [6, 6.07) is 14.5. The van der Waals surface area contributed by atoms with Crippen LogP contribution in [-0.2, 0) is 4.79 Å². The number of amides is 1. The third kappa shape index (κ3) is 4.26. The summed E-state index contributed by atoms with van der Waals surface area (Å²) >= 11 is 1.21. The Morgan fingerprint density at radius 3 is 2.79 bits per heavy atom. The molecule has 0 aliphatic rings. The Kier molecular flexibility index (Phi) is 6.49. The van der Waals surface area contributed by atoms with Crippen LogP contribution in [0.15, 0.2) is 71.1 Å². The second-order valence-electron chi connectivity index (χ2n) is 5.83. The number of nitrogens with zero attached hydrogens (tertiary/aromatic N) is 2. The van der Waals surface area contributed by atoms with Crippen LogP contribution >= 0.6 is 11.8 Å². The quantitative estimate of drug-likeness (QED) is 0.360.